The van der Waals surface area contributed by atoms with Gasteiger partial charge in [0.25, 0.3) is 0 Å². The molecule has 6 heteroatoms. The van der Waals surface area contributed by atoms with Gasteiger partial charge in [-0.1, -0.05) is 6.92 Å². The van der Waals surface area contributed by atoms with E-state index in [9.17, 15) is 12.6 Å². The Labute approximate surface area is 76.2 Å². The third-order valence-corrected chi connectivity index (χ3v) is 4.06. The Hall–Kier alpha value is 0.0600. The first-order valence-corrected chi connectivity index (χ1v) is 6.98. The molecule has 1 unspecified atom stereocenters. The lowest BCUT2D eigenvalue weighted by molar-refractivity contribution is 0.585. The monoisotopic (exact) mass is 213 g/mol. The molecule has 0 aromatic heterocycles. The molecule has 0 saturated carbocycles. The van der Waals surface area contributed by atoms with E-state index in [1.54, 1.807) is 6.92 Å². The molecule has 0 aromatic carbocycles. The van der Waals surface area contributed by atoms with Crippen LogP contribution in [0.4, 0.5) is 0 Å². The van der Waals surface area contributed by atoms with Crippen LogP contribution < -0.4 is 4.72 Å². The van der Waals surface area contributed by atoms with Gasteiger partial charge in [-0.25, -0.2) is 13.1 Å². The van der Waals surface area contributed by atoms with Gasteiger partial charge in [-0.05, 0) is 6.92 Å². The van der Waals surface area contributed by atoms with Crippen molar-refractivity contribution in [3.63, 3.8) is 0 Å². The molecule has 12 heavy (non-hydrogen) atoms. The quantitative estimate of drug-likeness (QED) is 0.658. The van der Waals surface area contributed by atoms with Gasteiger partial charge in [0.15, 0.2) is 0 Å². The van der Waals surface area contributed by atoms with Gasteiger partial charge in [0.05, 0.1) is 5.75 Å². The second kappa shape index (κ2) is 5.66. The van der Waals surface area contributed by atoms with Crippen LogP contribution in [-0.2, 0) is 20.8 Å². The normalized spacial score (nSPS) is 14.5. The number of hydrogen-bond acceptors (Lipinski definition) is 3. The van der Waals surface area contributed by atoms with E-state index < -0.39 is 20.8 Å². The Balaban J connectivity index is 3.64. The van der Waals surface area contributed by atoms with Gasteiger partial charge in [-0.15, -0.1) is 0 Å². The van der Waals surface area contributed by atoms with Gasteiger partial charge in [0, 0.05) is 28.9 Å². The van der Waals surface area contributed by atoms with Gasteiger partial charge in [-0.3, -0.25) is 4.21 Å². The molecule has 74 valence electrons. The van der Waals surface area contributed by atoms with Crippen LogP contribution in [0.5, 0.6) is 0 Å². The molecule has 0 aliphatic heterocycles. The van der Waals surface area contributed by atoms with Crippen molar-refractivity contribution in [1.82, 2.24) is 4.72 Å². The standard InChI is InChI=1S/C6H15NO3S2/c1-3-11(8)6-5-7-12(9,10)4-2/h7H,3-6H2,1-2H3. The van der Waals surface area contributed by atoms with E-state index >= 15 is 0 Å². The number of nitrogens with one attached hydrogen (secondary N) is 1. The van der Waals surface area contributed by atoms with Crippen molar-refractivity contribution in [3.8, 4) is 0 Å². The molecule has 0 heterocycles. The lowest BCUT2D eigenvalue weighted by Crippen LogP contribution is -2.29. The van der Waals surface area contributed by atoms with Crippen LogP contribution in [0.3, 0.4) is 0 Å². The van der Waals surface area contributed by atoms with Crippen LogP contribution in [0.15, 0.2) is 0 Å². The van der Waals surface area contributed by atoms with Gasteiger partial charge in [-0.2, -0.15) is 0 Å². The maximum Gasteiger partial charge on any atom is 0.211 e. The number of sulfonamides is 1. The summed E-state index contributed by atoms with van der Waals surface area (Å²) in [7, 11) is -4.00. The van der Waals surface area contributed by atoms with Crippen LogP contribution in [0, 0.1) is 0 Å². The largest absolute Gasteiger partial charge is 0.260 e. The van der Waals surface area contributed by atoms with Crippen molar-refractivity contribution in [1.29, 1.82) is 0 Å². The minimum Gasteiger partial charge on any atom is -0.260 e. The first-order valence-electron chi connectivity index (χ1n) is 3.84. The maximum atomic E-state index is 10.9. The van der Waals surface area contributed by atoms with Crippen molar-refractivity contribution in [2.24, 2.45) is 0 Å². The summed E-state index contributed by atoms with van der Waals surface area (Å²) >= 11 is 0. The lowest BCUT2D eigenvalue weighted by atomic mass is 10.8. The Bertz CT molecular complexity index is 235. The van der Waals surface area contributed by atoms with Gasteiger partial charge < -0.3 is 0 Å². The molecular formula is C6H15NO3S2. The van der Waals surface area contributed by atoms with Crippen molar-refractivity contribution >= 4 is 20.8 Å². The Morgan fingerprint density at radius 3 is 2.33 bits per heavy atom. The number of rotatable bonds is 6. The zero-order valence-corrected chi connectivity index (χ0v) is 9.00. The molecule has 0 aromatic rings. The van der Waals surface area contributed by atoms with Crippen LogP contribution in [0.25, 0.3) is 0 Å². The van der Waals surface area contributed by atoms with E-state index in [-0.39, 0.29) is 12.3 Å². The number of hydrogen-bond donors (Lipinski definition) is 1. The Morgan fingerprint density at radius 2 is 1.92 bits per heavy atom. The minimum absolute atomic E-state index is 0.0752. The van der Waals surface area contributed by atoms with E-state index in [2.05, 4.69) is 4.72 Å². The summed E-state index contributed by atoms with van der Waals surface area (Å²) in [5, 5.41) is 0. The fourth-order valence-electron chi connectivity index (χ4n) is 0.557. The smallest absolute Gasteiger partial charge is 0.211 e. The second-order valence-electron chi connectivity index (χ2n) is 2.23. The molecule has 0 saturated heterocycles. The molecule has 0 aliphatic rings. The molecule has 0 bridgehead atoms. The first kappa shape index (κ1) is 12.1. The second-order valence-corrected chi connectivity index (χ2v) is 6.19. The molecule has 0 amide bonds. The summed E-state index contributed by atoms with van der Waals surface area (Å²) in [5.41, 5.74) is 0. The molecule has 0 fully saturated rings. The van der Waals surface area contributed by atoms with Crippen molar-refractivity contribution in [2.75, 3.05) is 23.8 Å². The third kappa shape index (κ3) is 5.68. The maximum absolute atomic E-state index is 10.9. The zero-order valence-electron chi connectivity index (χ0n) is 7.37. The molecule has 0 spiro atoms. The van der Waals surface area contributed by atoms with Crippen molar-refractivity contribution in [3.05, 3.63) is 0 Å². The predicted molar refractivity (Wildman–Crippen MR) is 51.0 cm³/mol. The van der Waals surface area contributed by atoms with E-state index in [0.29, 0.717) is 11.5 Å². The van der Waals surface area contributed by atoms with Crippen molar-refractivity contribution in [2.45, 2.75) is 13.8 Å². The average molecular weight is 213 g/mol. The first-order chi connectivity index (χ1) is 5.52. The van der Waals surface area contributed by atoms with E-state index in [1.165, 1.54) is 0 Å². The Morgan fingerprint density at radius 1 is 1.33 bits per heavy atom. The highest BCUT2D eigenvalue weighted by Crippen LogP contribution is 1.84. The fraction of sp³-hybridized carbons (Fsp3) is 1.00. The summed E-state index contributed by atoms with van der Waals surface area (Å²) in [5.74, 6) is 1.05. The predicted octanol–water partition coefficient (Wildman–Crippen LogP) is -0.306. The third-order valence-electron chi connectivity index (χ3n) is 1.35. The summed E-state index contributed by atoms with van der Waals surface area (Å²) in [4.78, 5) is 0. The summed E-state index contributed by atoms with van der Waals surface area (Å²) in [6, 6.07) is 0. The molecule has 1 atom stereocenters. The molecule has 0 rings (SSSR count). The SMILES string of the molecule is CCS(=O)CCNS(=O)(=O)CC. The van der Waals surface area contributed by atoms with E-state index in [4.69, 9.17) is 0 Å². The molecular weight excluding hydrogens is 198 g/mol. The highest BCUT2D eigenvalue weighted by molar-refractivity contribution is 7.89. The van der Waals surface area contributed by atoms with E-state index in [0.717, 1.165) is 0 Å². The Kier molecular flexibility index (Phi) is 5.69. The van der Waals surface area contributed by atoms with Crippen LogP contribution in [0.1, 0.15) is 13.8 Å². The topological polar surface area (TPSA) is 63.2 Å². The van der Waals surface area contributed by atoms with Gasteiger partial charge >= 0.3 is 0 Å². The van der Waals surface area contributed by atoms with Gasteiger partial charge in [0.1, 0.15) is 0 Å². The summed E-state index contributed by atoms with van der Waals surface area (Å²) < 4.78 is 34.9. The minimum atomic E-state index is -3.11. The highest BCUT2D eigenvalue weighted by atomic mass is 32.2. The molecule has 0 aliphatic carbocycles. The molecule has 0 radical (unpaired) electrons. The van der Waals surface area contributed by atoms with Crippen molar-refractivity contribution < 1.29 is 12.6 Å². The lowest BCUT2D eigenvalue weighted by Gasteiger charge is -2.02. The summed E-state index contributed by atoms with van der Waals surface area (Å²) in [6.45, 7) is 3.65. The summed E-state index contributed by atoms with van der Waals surface area (Å²) in [6.07, 6.45) is 0. The van der Waals surface area contributed by atoms with Crippen LogP contribution in [0.2, 0.25) is 0 Å². The zero-order chi connectivity index (χ0) is 9.61. The molecule has 4 nitrogen and oxygen atoms in total. The molecule has 1 N–H and O–H groups in total. The average Bonchev–Trinajstić information content (AvgIpc) is 2.04. The fourth-order valence-corrected chi connectivity index (χ4v) is 1.92. The van der Waals surface area contributed by atoms with Crippen LogP contribution in [-0.4, -0.2) is 36.4 Å². The van der Waals surface area contributed by atoms with E-state index in [1.807, 2.05) is 6.92 Å². The van der Waals surface area contributed by atoms with Gasteiger partial charge in [0.2, 0.25) is 10.0 Å². The van der Waals surface area contributed by atoms with Crippen LogP contribution >= 0.6 is 0 Å². The highest BCUT2D eigenvalue weighted by Gasteiger charge is 2.05.